The molecular formula is C10H5F3INO. The summed E-state index contributed by atoms with van der Waals surface area (Å²) in [6.07, 6.45) is -4.63. The molecule has 0 unspecified atom stereocenters. The first-order valence-electron chi connectivity index (χ1n) is 4.09. The molecule has 0 saturated carbocycles. The Hall–Kier alpha value is -1.10. The van der Waals surface area contributed by atoms with Crippen molar-refractivity contribution in [3.63, 3.8) is 0 Å². The summed E-state index contributed by atoms with van der Waals surface area (Å²) >= 11 is 1.72. The highest BCUT2D eigenvalue weighted by Gasteiger charge is 2.35. The number of rotatable bonds is 1. The Morgan fingerprint density at radius 3 is 2.38 bits per heavy atom. The average Bonchev–Trinajstić information content (AvgIpc) is 2.15. The molecule has 0 spiro atoms. The fourth-order valence-electron chi connectivity index (χ4n) is 1.18. The fourth-order valence-corrected chi connectivity index (χ4v) is 1.77. The molecule has 0 N–H and O–H groups in total. The van der Waals surface area contributed by atoms with E-state index in [-0.39, 0.29) is 5.56 Å². The number of nitrogens with zero attached hydrogens (tertiary/aromatic N) is 1. The smallest absolute Gasteiger partial charge is 0.294 e. The SMILES string of the molecule is CC(=O)c1cc(I)c(C#N)cc1C(F)(F)F. The minimum absolute atomic E-state index is 0.0853. The predicted molar refractivity (Wildman–Crippen MR) is 58.9 cm³/mol. The van der Waals surface area contributed by atoms with Crippen molar-refractivity contribution < 1.29 is 18.0 Å². The van der Waals surface area contributed by atoms with Crippen LogP contribution in [0.2, 0.25) is 0 Å². The molecule has 0 aliphatic rings. The maximum absolute atomic E-state index is 12.6. The van der Waals surface area contributed by atoms with Gasteiger partial charge in [-0.1, -0.05) is 0 Å². The third-order valence-corrected chi connectivity index (χ3v) is 2.80. The number of carbonyl (C=O) groups is 1. The summed E-state index contributed by atoms with van der Waals surface area (Å²) in [5.41, 5.74) is -1.55. The van der Waals surface area contributed by atoms with Gasteiger partial charge in [0.2, 0.25) is 0 Å². The number of carbonyl (C=O) groups excluding carboxylic acids is 1. The van der Waals surface area contributed by atoms with E-state index >= 15 is 0 Å². The summed E-state index contributed by atoms with van der Waals surface area (Å²) in [6.45, 7) is 1.06. The molecule has 0 bridgehead atoms. The first-order chi connectivity index (χ1) is 7.27. The third-order valence-electron chi connectivity index (χ3n) is 1.91. The monoisotopic (exact) mass is 339 g/mol. The van der Waals surface area contributed by atoms with Crippen LogP contribution in [-0.2, 0) is 6.18 Å². The maximum Gasteiger partial charge on any atom is 0.417 e. The molecule has 0 fully saturated rings. The van der Waals surface area contributed by atoms with Crippen LogP contribution in [0.3, 0.4) is 0 Å². The van der Waals surface area contributed by atoms with Gasteiger partial charge in [0.25, 0.3) is 0 Å². The molecule has 0 aliphatic carbocycles. The first-order valence-corrected chi connectivity index (χ1v) is 5.17. The zero-order valence-corrected chi connectivity index (χ0v) is 10.2. The molecule has 2 nitrogen and oxygen atoms in total. The zero-order valence-electron chi connectivity index (χ0n) is 8.02. The van der Waals surface area contributed by atoms with Crippen LogP contribution >= 0.6 is 22.6 Å². The van der Waals surface area contributed by atoms with E-state index in [1.807, 2.05) is 0 Å². The summed E-state index contributed by atoms with van der Waals surface area (Å²) in [7, 11) is 0. The molecule has 0 heterocycles. The lowest BCUT2D eigenvalue weighted by Crippen LogP contribution is -2.12. The molecule has 0 saturated heterocycles. The standard InChI is InChI=1S/C10H5F3INO/c1-5(16)7-3-9(14)6(4-15)2-8(7)10(11,12)13/h2-3H,1H3. The van der Waals surface area contributed by atoms with Crippen LogP contribution < -0.4 is 0 Å². The van der Waals surface area contributed by atoms with Gasteiger partial charge in [-0.2, -0.15) is 18.4 Å². The van der Waals surface area contributed by atoms with Gasteiger partial charge in [-0.3, -0.25) is 4.79 Å². The Morgan fingerprint density at radius 1 is 1.44 bits per heavy atom. The molecule has 16 heavy (non-hydrogen) atoms. The van der Waals surface area contributed by atoms with Gasteiger partial charge in [-0.05, 0) is 41.6 Å². The van der Waals surface area contributed by atoms with Crippen molar-refractivity contribution in [3.8, 4) is 6.07 Å². The number of Topliss-reactive ketones (excluding diaryl/α,β-unsaturated/α-hetero) is 1. The van der Waals surface area contributed by atoms with Gasteiger partial charge < -0.3 is 0 Å². The van der Waals surface area contributed by atoms with Crippen LogP contribution in [0.5, 0.6) is 0 Å². The summed E-state index contributed by atoms with van der Waals surface area (Å²) in [5, 5.41) is 8.63. The van der Waals surface area contributed by atoms with Gasteiger partial charge in [0.1, 0.15) is 6.07 Å². The second-order valence-corrected chi connectivity index (χ2v) is 4.21. The van der Waals surface area contributed by atoms with Crippen LogP contribution in [0.1, 0.15) is 28.4 Å². The van der Waals surface area contributed by atoms with Crippen LogP contribution in [-0.4, -0.2) is 5.78 Å². The van der Waals surface area contributed by atoms with E-state index in [9.17, 15) is 18.0 Å². The zero-order chi connectivity index (χ0) is 12.5. The van der Waals surface area contributed by atoms with Gasteiger partial charge in [0.15, 0.2) is 5.78 Å². The molecule has 0 amide bonds. The van der Waals surface area contributed by atoms with E-state index in [4.69, 9.17) is 5.26 Å². The van der Waals surface area contributed by atoms with E-state index < -0.39 is 23.1 Å². The molecular weight excluding hydrogens is 334 g/mol. The first kappa shape index (κ1) is 13.0. The third kappa shape index (κ3) is 2.52. The largest absolute Gasteiger partial charge is 0.417 e. The molecule has 0 aromatic heterocycles. The van der Waals surface area contributed by atoms with E-state index in [2.05, 4.69) is 0 Å². The van der Waals surface area contributed by atoms with E-state index in [1.165, 1.54) is 0 Å². The summed E-state index contributed by atoms with van der Waals surface area (Å²) in [6, 6.07) is 3.45. The predicted octanol–water partition coefficient (Wildman–Crippen LogP) is 3.38. The van der Waals surface area contributed by atoms with Crippen molar-refractivity contribution in [1.82, 2.24) is 0 Å². The molecule has 84 valence electrons. The second kappa shape index (κ2) is 4.41. The van der Waals surface area contributed by atoms with Gasteiger partial charge in [0, 0.05) is 9.13 Å². The topological polar surface area (TPSA) is 40.9 Å². The molecule has 0 radical (unpaired) electrons. The normalized spacial score (nSPS) is 11.0. The number of hydrogen-bond acceptors (Lipinski definition) is 2. The molecule has 0 atom stereocenters. The van der Waals surface area contributed by atoms with Gasteiger partial charge in [0.05, 0.1) is 11.1 Å². The number of halogens is 4. The lowest BCUT2D eigenvalue weighted by Gasteiger charge is -2.12. The lowest BCUT2D eigenvalue weighted by molar-refractivity contribution is -0.137. The summed E-state index contributed by atoms with van der Waals surface area (Å²) < 4.78 is 38.1. The highest BCUT2D eigenvalue weighted by molar-refractivity contribution is 14.1. The fraction of sp³-hybridized carbons (Fsp3) is 0.200. The highest BCUT2D eigenvalue weighted by atomic mass is 127. The molecule has 0 aliphatic heterocycles. The van der Waals surface area contributed by atoms with E-state index in [0.717, 1.165) is 13.0 Å². The van der Waals surface area contributed by atoms with Crippen molar-refractivity contribution in [2.45, 2.75) is 13.1 Å². The van der Waals surface area contributed by atoms with Gasteiger partial charge >= 0.3 is 6.18 Å². The summed E-state index contributed by atoms with van der Waals surface area (Å²) in [4.78, 5) is 11.1. The molecule has 1 aromatic carbocycles. The van der Waals surface area contributed by atoms with Crippen molar-refractivity contribution in [2.24, 2.45) is 0 Å². The Bertz CT molecular complexity index is 488. The lowest BCUT2D eigenvalue weighted by atomic mass is 10.0. The van der Waals surface area contributed by atoms with E-state index in [1.54, 1.807) is 28.7 Å². The van der Waals surface area contributed by atoms with Crippen LogP contribution in [0.15, 0.2) is 12.1 Å². The van der Waals surface area contributed by atoms with Crippen LogP contribution in [0, 0.1) is 14.9 Å². The number of benzene rings is 1. The number of alkyl halides is 3. The molecule has 6 heteroatoms. The quantitative estimate of drug-likeness (QED) is 0.581. The Morgan fingerprint density at radius 2 is 2.00 bits per heavy atom. The van der Waals surface area contributed by atoms with Gasteiger partial charge in [-0.25, -0.2) is 0 Å². The van der Waals surface area contributed by atoms with Crippen molar-refractivity contribution >= 4 is 28.4 Å². The molecule has 1 aromatic rings. The Balaban J connectivity index is 3.57. The second-order valence-electron chi connectivity index (χ2n) is 3.04. The van der Waals surface area contributed by atoms with Gasteiger partial charge in [-0.15, -0.1) is 0 Å². The highest BCUT2D eigenvalue weighted by Crippen LogP contribution is 2.34. The number of nitriles is 1. The average molecular weight is 339 g/mol. The van der Waals surface area contributed by atoms with Crippen molar-refractivity contribution in [3.05, 3.63) is 32.4 Å². The minimum atomic E-state index is -4.63. The summed E-state index contributed by atoms with van der Waals surface area (Å²) in [5.74, 6) is -0.672. The van der Waals surface area contributed by atoms with Crippen LogP contribution in [0.4, 0.5) is 13.2 Å². The maximum atomic E-state index is 12.6. The molecule has 1 rings (SSSR count). The Labute approximate surface area is 103 Å². The van der Waals surface area contributed by atoms with E-state index in [0.29, 0.717) is 9.64 Å². The minimum Gasteiger partial charge on any atom is -0.294 e. The number of hydrogen-bond donors (Lipinski definition) is 0. The van der Waals surface area contributed by atoms with Crippen LogP contribution in [0.25, 0.3) is 0 Å². The Kier molecular flexibility index (Phi) is 3.57. The van der Waals surface area contributed by atoms with Crippen molar-refractivity contribution in [2.75, 3.05) is 0 Å². The van der Waals surface area contributed by atoms with Crippen molar-refractivity contribution in [1.29, 1.82) is 5.26 Å². The number of ketones is 1.